The molecule has 0 spiro atoms. The first-order valence-corrected chi connectivity index (χ1v) is 20.1. The predicted octanol–water partition coefficient (Wildman–Crippen LogP) is 11.1. The van der Waals surface area contributed by atoms with Crippen molar-refractivity contribution in [1.29, 1.82) is 0 Å². The first-order valence-electron chi connectivity index (χ1n) is 20.1. The van der Waals surface area contributed by atoms with E-state index in [4.69, 9.17) is 0 Å². The second-order valence-electron chi connectivity index (χ2n) is 14.4. The van der Waals surface area contributed by atoms with E-state index in [9.17, 15) is 24.6 Å². The maximum Gasteiger partial charge on any atom is 0.336 e. The zero-order valence-electron chi connectivity index (χ0n) is 32.6. The van der Waals surface area contributed by atoms with Gasteiger partial charge in [-0.25, -0.2) is 9.59 Å². The summed E-state index contributed by atoms with van der Waals surface area (Å²) < 4.78 is 0. The molecule has 0 heterocycles. The summed E-state index contributed by atoms with van der Waals surface area (Å²) in [6, 6.07) is 6.69. The van der Waals surface area contributed by atoms with E-state index < -0.39 is 11.9 Å². The van der Waals surface area contributed by atoms with Gasteiger partial charge in [0.05, 0.1) is 11.1 Å². The van der Waals surface area contributed by atoms with Crippen molar-refractivity contribution in [1.82, 2.24) is 9.80 Å². The minimum Gasteiger partial charge on any atom is -0.478 e. The summed E-state index contributed by atoms with van der Waals surface area (Å²) in [5.74, 6) is -2.32. The molecule has 0 saturated carbocycles. The largest absolute Gasteiger partial charge is 0.478 e. The van der Waals surface area contributed by atoms with Gasteiger partial charge in [-0.1, -0.05) is 111 Å². The number of unbranched alkanes of at least 4 members (excludes halogenated alkanes) is 12. The number of benzene rings is 2. The summed E-state index contributed by atoms with van der Waals surface area (Å²) in [5, 5.41) is 20.5. The number of fused-ring (bicyclic) bond motifs is 3. The Morgan fingerprint density at radius 2 is 1.00 bits per heavy atom. The lowest BCUT2D eigenvalue weighted by molar-refractivity contribution is 0.0684. The van der Waals surface area contributed by atoms with E-state index in [1.54, 1.807) is 12.1 Å². The van der Waals surface area contributed by atoms with Crippen molar-refractivity contribution in [2.45, 2.75) is 143 Å². The van der Waals surface area contributed by atoms with Crippen LogP contribution in [0.2, 0.25) is 0 Å². The predicted molar refractivity (Wildman–Crippen MR) is 221 cm³/mol. The van der Waals surface area contributed by atoms with Crippen LogP contribution in [-0.2, 0) is 12.8 Å². The maximum atomic E-state index is 14.1. The highest BCUT2D eigenvalue weighted by Gasteiger charge is 2.34. The quantitative estimate of drug-likeness (QED) is 0.0711. The number of ketones is 1. The molecule has 0 fully saturated rings. The van der Waals surface area contributed by atoms with E-state index in [0.717, 1.165) is 69.5 Å². The Hall–Kier alpha value is -2.45. The Labute approximate surface area is 327 Å². The van der Waals surface area contributed by atoms with E-state index in [0.29, 0.717) is 41.6 Å². The molecule has 1 aliphatic carbocycles. The molecule has 0 radical (unpaired) electrons. The van der Waals surface area contributed by atoms with Crippen molar-refractivity contribution >= 4 is 42.5 Å². The van der Waals surface area contributed by atoms with Crippen LogP contribution in [0.5, 0.6) is 0 Å². The molecule has 52 heavy (non-hydrogen) atoms. The number of halogens is 2. The van der Waals surface area contributed by atoms with Crippen molar-refractivity contribution < 1.29 is 24.6 Å². The second kappa shape index (κ2) is 26.3. The third-order valence-corrected chi connectivity index (χ3v) is 10.4. The Morgan fingerprint density at radius 1 is 0.538 bits per heavy atom. The number of rotatable bonds is 28. The summed E-state index contributed by atoms with van der Waals surface area (Å²) in [6.45, 7) is 14.3. The molecule has 0 unspecified atom stereocenters. The first kappa shape index (κ1) is 47.6. The number of carboxylic acids is 2. The highest BCUT2D eigenvalue weighted by molar-refractivity contribution is 6.24. The molecule has 0 aromatic heterocycles. The van der Waals surface area contributed by atoms with Crippen LogP contribution < -0.4 is 0 Å². The fourth-order valence-corrected chi connectivity index (χ4v) is 7.49. The van der Waals surface area contributed by atoms with Crippen LogP contribution in [0.25, 0.3) is 11.1 Å². The minimum atomic E-state index is -1.08. The molecular formula is C43H68Cl2N2O5. The van der Waals surface area contributed by atoms with Crippen LogP contribution in [0.1, 0.15) is 178 Å². The Morgan fingerprint density at radius 3 is 1.42 bits per heavy atom. The Kier molecular flexibility index (Phi) is 24.1. The Balaban J connectivity index is 0.00000676. The van der Waals surface area contributed by atoms with Gasteiger partial charge in [-0.15, -0.1) is 24.8 Å². The first-order chi connectivity index (χ1) is 24.3. The number of carbonyl (C=O) groups excluding carboxylic acids is 1. The van der Waals surface area contributed by atoms with Crippen LogP contribution >= 0.6 is 24.8 Å². The normalized spacial score (nSPS) is 11.8. The van der Waals surface area contributed by atoms with Crippen molar-refractivity contribution in [3.63, 3.8) is 0 Å². The van der Waals surface area contributed by atoms with Crippen molar-refractivity contribution in [2.75, 3.05) is 39.3 Å². The number of aromatic carboxylic acids is 2. The van der Waals surface area contributed by atoms with Crippen molar-refractivity contribution in [3.05, 3.63) is 57.6 Å². The van der Waals surface area contributed by atoms with Gasteiger partial charge in [0.1, 0.15) is 0 Å². The maximum absolute atomic E-state index is 14.1. The molecule has 9 heteroatoms. The SMILES string of the molecule is CCCCCCN(CCCCCC)CCc1cc2c(c(CCN(CCCCCC)CCCCCC)c1C(=O)O)C(=O)c1cc(C(=O)O)ccc1-2.Cl.Cl. The van der Waals surface area contributed by atoms with Gasteiger partial charge in [0, 0.05) is 24.2 Å². The molecule has 2 N–H and O–H groups in total. The average molecular weight is 764 g/mol. The van der Waals surface area contributed by atoms with Crippen LogP contribution in [0.4, 0.5) is 0 Å². The third-order valence-electron chi connectivity index (χ3n) is 10.4. The summed E-state index contributed by atoms with van der Waals surface area (Å²) in [5.41, 5.74) is 4.02. The Bertz CT molecular complexity index is 1360. The van der Waals surface area contributed by atoms with Crippen LogP contribution in [0, 0.1) is 0 Å². The molecule has 0 amide bonds. The summed E-state index contributed by atoms with van der Waals surface area (Å²) >= 11 is 0. The van der Waals surface area contributed by atoms with Crippen molar-refractivity contribution in [3.8, 4) is 11.1 Å². The van der Waals surface area contributed by atoms with Gasteiger partial charge in [-0.3, -0.25) is 4.79 Å². The molecule has 0 atom stereocenters. The van der Waals surface area contributed by atoms with E-state index in [-0.39, 0.29) is 41.7 Å². The molecule has 7 nitrogen and oxygen atoms in total. The number of carboxylic acid groups (broad SMARTS) is 2. The fourth-order valence-electron chi connectivity index (χ4n) is 7.49. The van der Waals surface area contributed by atoms with Crippen LogP contribution in [-0.4, -0.2) is 77.0 Å². The van der Waals surface area contributed by atoms with E-state index in [2.05, 4.69) is 37.5 Å². The molecule has 2 aromatic carbocycles. The second-order valence-corrected chi connectivity index (χ2v) is 14.4. The van der Waals surface area contributed by atoms with E-state index in [1.807, 2.05) is 6.07 Å². The molecule has 294 valence electrons. The topological polar surface area (TPSA) is 98.2 Å². The lowest BCUT2D eigenvalue weighted by Gasteiger charge is -2.25. The van der Waals surface area contributed by atoms with Gasteiger partial charge in [0.2, 0.25) is 0 Å². The number of nitrogens with zero attached hydrogens (tertiary/aromatic N) is 2. The molecular weight excluding hydrogens is 695 g/mol. The monoisotopic (exact) mass is 762 g/mol. The molecule has 0 aliphatic heterocycles. The molecule has 0 saturated heterocycles. The van der Waals surface area contributed by atoms with Gasteiger partial charge in [-0.05, 0) is 105 Å². The fraction of sp³-hybridized carbons (Fsp3) is 0.651. The van der Waals surface area contributed by atoms with E-state index >= 15 is 0 Å². The van der Waals surface area contributed by atoms with Gasteiger partial charge < -0.3 is 20.0 Å². The third kappa shape index (κ3) is 14.4. The van der Waals surface area contributed by atoms with E-state index in [1.165, 1.54) is 83.1 Å². The summed E-state index contributed by atoms with van der Waals surface area (Å²) in [4.78, 5) is 44.1. The van der Waals surface area contributed by atoms with Crippen LogP contribution in [0.15, 0.2) is 24.3 Å². The zero-order chi connectivity index (χ0) is 36.3. The number of hydrogen-bond acceptors (Lipinski definition) is 5. The summed E-state index contributed by atoms with van der Waals surface area (Å²) in [6.07, 6.45) is 20.0. The van der Waals surface area contributed by atoms with Gasteiger partial charge >= 0.3 is 11.9 Å². The number of carbonyl (C=O) groups is 3. The zero-order valence-corrected chi connectivity index (χ0v) is 34.2. The van der Waals surface area contributed by atoms with Gasteiger partial charge in [-0.2, -0.15) is 0 Å². The summed E-state index contributed by atoms with van der Waals surface area (Å²) in [7, 11) is 0. The molecule has 0 bridgehead atoms. The molecule has 2 aromatic rings. The minimum absolute atomic E-state index is 0. The average Bonchev–Trinajstić information content (AvgIpc) is 3.39. The molecule has 3 rings (SSSR count). The van der Waals surface area contributed by atoms with Crippen molar-refractivity contribution in [2.24, 2.45) is 0 Å². The lowest BCUT2D eigenvalue weighted by atomic mass is 9.88. The smallest absolute Gasteiger partial charge is 0.336 e. The lowest BCUT2D eigenvalue weighted by Crippen LogP contribution is -2.30. The standard InChI is InChI=1S/C43H66N2O5.2ClH/c1-5-9-13-17-25-44(26-18-14-10-6-2)29-23-33-31-37-35-22-21-34(42(47)48)32-38(35)41(46)40(37)36(39(33)43(49)50)24-30-45(27-19-15-11-7-3)28-20-16-12-8-4;;/h21-22,31-32H,5-20,23-30H2,1-4H3,(H,47,48)(H,49,50);2*1H. The van der Waals surface area contributed by atoms with Gasteiger partial charge in [0.25, 0.3) is 0 Å². The van der Waals surface area contributed by atoms with Crippen LogP contribution in [0.3, 0.4) is 0 Å². The highest BCUT2D eigenvalue weighted by Crippen LogP contribution is 2.42. The molecule has 1 aliphatic rings. The number of hydrogen-bond donors (Lipinski definition) is 2. The highest BCUT2D eigenvalue weighted by atomic mass is 35.5. The van der Waals surface area contributed by atoms with Gasteiger partial charge in [0.15, 0.2) is 5.78 Å².